The molecule has 0 radical (unpaired) electrons. The van der Waals surface area contributed by atoms with Crippen LogP contribution in [0.25, 0.3) is 0 Å². The molecule has 36 heavy (non-hydrogen) atoms. The maximum absolute atomic E-state index is 13.6. The second kappa shape index (κ2) is 11.7. The third kappa shape index (κ3) is 6.17. The van der Waals surface area contributed by atoms with Crippen LogP contribution in [-0.2, 0) is 36.1 Å². The third-order valence-electron chi connectivity index (χ3n) is 5.44. The van der Waals surface area contributed by atoms with Crippen LogP contribution in [0, 0.1) is 11.8 Å². The highest BCUT2D eigenvalue weighted by Gasteiger charge is 2.42. The van der Waals surface area contributed by atoms with Gasteiger partial charge < -0.3 is 14.6 Å². The molecule has 1 unspecified atom stereocenters. The molecular formula is C24H28N2O8S2. The number of methoxy groups -OCH3 is 1. The number of para-hydroxylation sites is 1. The molecule has 0 aromatic heterocycles. The van der Waals surface area contributed by atoms with E-state index >= 15 is 0 Å². The molecule has 2 aromatic rings. The Morgan fingerprint density at radius 2 is 1.72 bits per heavy atom. The fraction of sp³-hybridized carbons (Fsp3) is 0.375. The van der Waals surface area contributed by atoms with Gasteiger partial charge in [-0.2, -0.15) is 4.31 Å². The maximum atomic E-state index is 13.6. The number of carboxylic acids is 1. The molecule has 12 heteroatoms. The van der Waals surface area contributed by atoms with Crippen LogP contribution in [0.5, 0.6) is 5.75 Å². The van der Waals surface area contributed by atoms with Crippen LogP contribution < -0.4 is 9.04 Å². The standard InChI is InChI=1S/C24H28N2O8S2/c1-3-16-35(29,30)25-18-23(24(27)28)26(17-19-8-4-5-9-22(19)25)36(31,32)21-12-10-20(11-13-21)34-15-7-6-14-33-2/h4-5,8-13,23H,3,14-18H2,1-2H3,(H,27,28). The maximum Gasteiger partial charge on any atom is 0.323 e. The summed E-state index contributed by atoms with van der Waals surface area (Å²) in [5.41, 5.74) is 0.660. The third-order valence-corrected chi connectivity index (χ3v) is 9.25. The number of benzene rings is 2. The van der Waals surface area contributed by atoms with Crippen LogP contribution >= 0.6 is 0 Å². The fourth-order valence-corrected chi connectivity index (χ4v) is 6.87. The molecule has 10 nitrogen and oxygen atoms in total. The molecule has 0 aliphatic carbocycles. The van der Waals surface area contributed by atoms with Crippen molar-refractivity contribution in [2.45, 2.75) is 30.8 Å². The van der Waals surface area contributed by atoms with Crippen molar-refractivity contribution in [2.75, 3.05) is 36.9 Å². The lowest BCUT2D eigenvalue weighted by Gasteiger charge is -2.29. The van der Waals surface area contributed by atoms with Crippen molar-refractivity contribution in [1.82, 2.24) is 4.31 Å². The molecule has 0 fully saturated rings. The SMILES string of the molecule is CCCS(=O)(=O)N1CC(C(=O)O)N(S(=O)(=O)c2ccc(OCC#CCOC)cc2)Cc2ccccc21. The van der Waals surface area contributed by atoms with Gasteiger partial charge in [0.1, 0.15) is 25.0 Å². The lowest BCUT2D eigenvalue weighted by atomic mass is 10.2. The van der Waals surface area contributed by atoms with Crippen LogP contribution in [0.15, 0.2) is 53.4 Å². The minimum absolute atomic E-state index is 0.0848. The number of hydrogen-bond donors (Lipinski definition) is 1. The molecule has 3 rings (SSSR count). The van der Waals surface area contributed by atoms with Gasteiger partial charge in [-0.1, -0.05) is 37.0 Å². The van der Waals surface area contributed by atoms with Crippen LogP contribution in [0.3, 0.4) is 0 Å². The van der Waals surface area contributed by atoms with Crippen LogP contribution in [0.4, 0.5) is 5.69 Å². The zero-order valence-corrected chi connectivity index (χ0v) is 21.6. The largest absolute Gasteiger partial charge is 0.481 e. The van der Waals surface area contributed by atoms with Crippen molar-refractivity contribution in [3.8, 4) is 17.6 Å². The number of nitrogens with zero attached hydrogens (tertiary/aromatic N) is 2. The summed E-state index contributed by atoms with van der Waals surface area (Å²) in [7, 11) is -6.68. The van der Waals surface area contributed by atoms with Gasteiger partial charge in [0, 0.05) is 13.7 Å². The summed E-state index contributed by atoms with van der Waals surface area (Å²) in [6, 6.07) is 10.3. The average molecular weight is 537 g/mol. The second-order valence-corrected chi connectivity index (χ2v) is 11.8. The monoisotopic (exact) mass is 536 g/mol. The Balaban J connectivity index is 1.97. The number of fused-ring (bicyclic) bond motifs is 1. The van der Waals surface area contributed by atoms with Crippen molar-refractivity contribution in [3.63, 3.8) is 0 Å². The summed E-state index contributed by atoms with van der Waals surface area (Å²) < 4.78 is 65.4. The molecule has 0 saturated carbocycles. The number of hydrogen-bond acceptors (Lipinski definition) is 7. The summed E-state index contributed by atoms with van der Waals surface area (Å²) in [6.07, 6.45) is 0.327. The Labute approximate surface area is 211 Å². The first-order chi connectivity index (χ1) is 17.1. The summed E-state index contributed by atoms with van der Waals surface area (Å²) in [6.45, 7) is 1.20. The van der Waals surface area contributed by atoms with Crippen molar-refractivity contribution in [2.24, 2.45) is 0 Å². The van der Waals surface area contributed by atoms with Gasteiger partial charge in [-0.15, -0.1) is 0 Å². The summed E-state index contributed by atoms with van der Waals surface area (Å²) in [4.78, 5) is 12.1. The molecule has 1 aliphatic heterocycles. The first-order valence-electron chi connectivity index (χ1n) is 11.1. The van der Waals surface area contributed by atoms with E-state index in [-0.39, 0.29) is 36.1 Å². The number of ether oxygens (including phenoxy) is 2. The molecule has 194 valence electrons. The Kier molecular flexibility index (Phi) is 8.97. The minimum Gasteiger partial charge on any atom is -0.481 e. The minimum atomic E-state index is -4.32. The Hall–Kier alpha value is -3.11. The van der Waals surface area contributed by atoms with E-state index < -0.39 is 38.6 Å². The second-order valence-electron chi connectivity index (χ2n) is 7.93. The number of aliphatic carboxylic acids is 1. The van der Waals surface area contributed by atoms with E-state index in [0.29, 0.717) is 17.7 Å². The Bertz CT molecular complexity index is 1350. The fourth-order valence-electron chi connectivity index (χ4n) is 3.73. The molecule has 1 aliphatic rings. The Morgan fingerprint density at radius 1 is 1.06 bits per heavy atom. The van der Waals surface area contributed by atoms with Gasteiger partial charge in [-0.25, -0.2) is 16.8 Å². The van der Waals surface area contributed by atoms with E-state index in [2.05, 4.69) is 11.8 Å². The lowest BCUT2D eigenvalue weighted by molar-refractivity contribution is -0.141. The molecule has 0 bridgehead atoms. The van der Waals surface area contributed by atoms with E-state index in [1.54, 1.807) is 31.2 Å². The molecule has 1 N–H and O–H groups in total. The zero-order valence-electron chi connectivity index (χ0n) is 20.0. The lowest BCUT2D eigenvalue weighted by Crippen LogP contribution is -2.50. The first kappa shape index (κ1) is 27.5. The van der Waals surface area contributed by atoms with E-state index in [4.69, 9.17) is 9.47 Å². The average Bonchev–Trinajstić information content (AvgIpc) is 3.03. The number of carbonyl (C=O) groups is 1. The summed E-state index contributed by atoms with van der Waals surface area (Å²) >= 11 is 0. The van der Waals surface area contributed by atoms with Crippen molar-refractivity contribution >= 4 is 31.7 Å². The molecule has 0 saturated heterocycles. The predicted molar refractivity (Wildman–Crippen MR) is 134 cm³/mol. The number of rotatable bonds is 9. The van der Waals surface area contributed by atoms with Gasteiger partial charge >= 0.3 is 5.97 Å². The van der Waals surface area contributed by atoms with Crippen LogP contribution in [0.1, 0.15) is 18.9 Å². The molecule has 1 atom stereocenters. The molecule has 0 spiro atoms. The van der Waals surface area contributed by atoms with Crippen molar-refractivity contribution in [3.05, 3.63) is 54.1 Å². The highest BCUT2D eigenvalue weighted by atomic mass is 32.2. The number of anilines is 1. The molecule has 0 amide bonds. The van der Waals surface area contributed by atoms with Crippen molar-refractivity contribution in [1.29, 1.82) is 0 Å². The molecule has 2 aromatic carbocycles. The smallest absolute Gasteiger partial charge is 0.323 e. The number of sulfonamides is 2. The van der Waals surface area contributed by atoms with E-state index in [1.165, 1.54) is 31.4 Å². The van der Waals surface area contributed by atoms with Gasteiger partial charge in [-0.3, -0.25) is 9.10 Å². The van der Waals surface area contributed by atoms with Gasteiger partial charge in [0.15, 0.2) is 0 Å². The Morgan fingerprint density at radius 3 is 2.36 bits per heavy atom. The topological polar surface area (TPSA) is 131 Å². The number of carboxylic acid groups (broad SMARTS) is 1. The van der Waals surface area contributed by atoms with E-state index in [0.717, 1.165) is 8.61 Å². The van der Waals surface area contributed by atoms with Crippen molar-refractivity contribution < 1.29 is 36.2 Å². The molecular weight excluding hydrogens is 508 g/mol. The molecule has 1 heterocycles. The predicted octanol–water partition coefficient (Wildman–Crippen LogP) is 1.92. The highest BCUT2D eigenvalue weighted by molar-refractivity contribution is 7.92. The first-order valence-corrected chi connectivity index (χ1v) is 14.2. The van der Waals surface area contributed by atoms with Gasteiger partial charge in [-0.05, 0) is 42.3 Å². The van der Waals surface area contributed by atoms with Gasteiger partial charge in [0.05, 0.1) is 22.9 Å². The van der Waals surface area contributed by atoms with Gasteiger partial charge in [0.2, 0.25) is 20.0 Å². The van der Waals surface area contributed by atoms with E-state index in [9.17, 15) is 26.7 Å². The highest BCUT2D eigenvalue weighted by Crippen LogP contribution is 2.33. The van der Waals surface area contributed by atoms with Crippen LogP contribution in [0.2, 0.25) is 0 Å². The van der Waals surface area contributed by atoms with E-state index in [1.807, 2.05) is 0 Å². The zero-order chi connectivity index (χ0) is 26.3. The normalized spacial score (nSPS) is 16.4. The summed E-state index contributed by atoms with van der Waals surface area (Å²) in [5.74, 6) is 4.22. The quantitative estimate of drug-likeness (QED) is 0.481. The summed E-state index contributed by atoms with van der Waals surface area (Å²) in [5, 5.41) is 9.97. The van der Waals surface area contributed by atoms with Crippen LogP contribution in [-0.4, -0.2) is 70.9 Å². The van der Waals surface area contributed by atoms with Gasteiger partial charge in [0.25, 0.3) is 0 Å².